The van der Waals surface area contributed by atoms with Crippen molar-refractivity contribution in [3.05, 3.63) is 106 Å². The number of likely N-dealkylation sites (tertiary alicyclic amines) is 1. The highest BCUT2D eigenvalue weighted by molar-refractivity contribution is 7.90. The highest BCUT2D eigenvalue weighted by atomic mass is 32.2. The summed E-state index contributed by atoms with van der Waals surface area (Å²) in [5.74, 6) is -0.915. The number of hydrogen-bond acceptors (Lipinski definition) is 12. The fourth-order valence-electron chi connectivity index (χ4n) is 11.0. The van der Waals surface area contributed by atoms with E-state index in [2.05, 4.69) is 63.2 Å². The number of H-pyrrole nitrogens is 1. The van der Waals surface area contributed by atoms with Crippen LogP contribution in [0.1, 0.15) is 112 Å². The first-order valence-corrected chi connectivity index (χ1v) is 25.1. The van der Waals surface area contributed by atoms with E-state index in [0.29, 0.717) is 61.4 Å². The molecule has 0 bridgehead atoms. The average Bonchev–Trinajstić information content (AvgIpc) is 3.97. The van der Waals surface area contributed by atoms with E-state index in [1.165, 1.54) is 54.7 Å². The highest BCUT2D eigenvalue weighted by Crippen LogP contribution is 2.49. The van der Waals surface area contributed by atoms with Gasteiger partial charge >= 0.3 is 6.61 Å². The highest BCUT2D eigenvalue weighted by Gasteiger charge is 2.49. The SMILES string of the molecule is CC(C)c1ccccc1[C@@H]1CCC[C@@H]1N1CC2(CCN(c3ccc(C(=O)NS(=O)(=O)c4ccc(NCC5CCC(C)(O)CC5)c([N+](=O)[O-])c4)c(Oc4cc5cc[nH]c5nc4OC(F)F)c3)CC2)C1. The van der Waals surface area contributed by atoms with Crippen LogP contribution in [-0.2, 0) is 10.0 Å². The number of nitro benzene ring substituents is 1. The summed E-state index contributed by atoms with van der Waals surface area (Å²) in [6, 6.07) is 20.5. The molecule has 15 nitrogen and oxygen atoms in total. The number of alkyl halides is 2. The molecule has 2 aromatic heterocycles. The minimum Gasteiger partial charge on any atom is -0.451 e. The average molecular weight is 956 g/mol. The second-order valence-corrected chi connectivity index (χ2v) is 21.5. The Hall–Kier alpha value is -5.85. The van der Waals surface area contributed by atoms with E-state index in [1.807, 2.05) is 4.72 Å². The van der Waals surface area contributed by atoms with Crippen LogP contribution in [0.2, 0.25) is 0 Å². The summed E-state index contributed by atoms with van der Waals surface area (Å²) in [5, 5.41) is 26.1. The number of fused-ring (bicyclic) bond motifs is 1. The third-order valence-corrected chi connectivity index (χ3v) is 16.1. The van der Waals surface area contributed by atoms with Crippen molar-refractivity contribution in [2.45, 2.75) is 114 Å². The van der Waals surface area contributed by atoms with Gasteiger partial charge in [-0.3, -0.25) is 19.8 Å². The van der Waals surface area contributed by atoms with Crippen molar-refractivity contribution in [2.24, 2.45) is 11.3 Å². The van der Waals surface area contributed by atoms with Crippen LogP contribution in [0.25, 0.3) is 11.0 Å². The summed E-state index contributed by atoms with van der Waals surface area (Å²) in [7, 11) is -4.71. The number of hydrogen-bond donors (Lipinski definition) is 4. The van der Waals surface area contributed by atoms with Gasteiger partial charge in [-0.2, -0.15) is 13.8 Å². The van der Waals surface area contributed by atoms with E-state index in [9.17, 15) is 37.2 Å². The smallest absolute Gasteiger partial charge is 0.388 e. The Bertz CT molecular complexity index is 2780. The molecule has 18 heteroatoms. The molecule has 1 spiro atoms. The molecule has 0 unspecified atom stereocenters. The van der Waals surface area contributed by atoms with Crippen LogP contribution in [0.15, 0.2) is 83.9 Å². The molecule has 2 atom stereocenters. The lowest BCUT2D eigenvalue weighted by Crippen LogP contribution is -2.63. The number of carbonyl (C=O) groups excluding carboxylic acids is 1. The maximum Gasteiger partial charge on any atom is 0.388 e. The largest absolute Gasteiger partial charge is 0.451 e. The van der Waals surface area contributed by atoms with Crippen LogP contribution in [0, 0.1) is 21.4 Å². The third kappa shape index (κ3) is 9.99. The Morgan fingerprint density at radius 1 is 0.985 bits per heavy atom. The van der Waals surface area contributed by atoms with Crippen LogP contribution in [0.3, 0.4) is 0 Å². The van der Waals surface area contributed by atoms with Gasteiger partial charge in [0.1, 0.15) is 17.1 Å². The molecule has 4 N–H and O–H groups in total. The molecule has 2 saturated heterocycles. The lowest BCUT2D eigenvalue weighted by atomic mass is 9.70. The summed E-state index contributed by atoms with van der Waals surface area (Å²) in [4.78, 5) is 36.9. The topological polar surface area (TPSA) is 192 Å². The summed E-state index contributed by atoms with van der Waals surface area (Å²) in [5.41, 5.74) is 2.66. The number of anilines is 2. The van der Waals surface area contributed by atoms with Crippen molar-refractivity contribution in [3.8, 4) is 17.4 Å². The van der Waals surface area contributed by atoms with Crippen molar-refractivity contribution in [3.63, 3.8) is 0 Å². The Kier molecular flexibility index (Phi) is 13.1. The second kappa shape index (κ2) is 18.9. The molecule has 68 heavy (non-hydrogen) atoms. The lowest BCUT2D eigenvalue weighted by molar-refractivity contribution is -0.384. The van der Waals surface area contributed by atoms with Gasteiger partial charge in [-0.15, -0.1) is 0 Å². The van der Waals surface area contributed by atoms with E-state index in [4.69, 9.17) is 9.47 Å². The Morgan fingerprint density at radius 3 is 2.46 bits per heavy atom. The monoisotopic (exact) mass is 955 g/mol. The Balaban J connectivity index is 0.933. The van der Waals surface area contributed by atoms with Gasteiger partial charge in [-0.1, -0.05) is 44.5 Å². The molecule has 5 aromatic rings. The Labute approximate surface area is 394 Å². The zero-order valence-corrected chi connectivity index (χ0v) is 39.4. The minimum atomic E-state index is -4.71. The number of sulfonamides is 1. The number of aromatic amines is 1. The van der Waals surface area contributed by atoms with Gasteiger partial charge in [0, 0.05) is 68.2 Å². The van der Waals surface area contributed by atoms with Gasteiger partial charge in [0.2, 0.25) is 0 Å². The van der Waals surface area contributed by atoms with Crippen LogP contribution in [0.4, 0.5) is 25.8 Å². The zero-order valence-electron chi connectivity index (χ0n) is 38.5. The first-order chi connectivity index (χ1) is 32.5. The number of rotatable bonds is 15. The number of aromatic nitrogens is 2. The molecule has 1 amide bonds. The van der Waals surface area contributed by atoms with Crippen LogP contribution in [-0.4, -0.2) is 90.2 Å². The number of piperidine rings is 1. The van der Waals surface area contributed by atoms with E-state index >= 15 is 0 Å². The molecule has 9 rings (SSSR count). The summed E-state index contributed by atoms with van der Waals surface area (Å²) < 4.78 is 68.0. The quantitative estimate of drug-likeness (QED) is 0.0575. The molecule has 2 aliphatic carbocycles. The number of amides is 1. The number of benzene rings is 3. The summed E-state index contributed by atoms with van der Waals surface area (Å²) in [6.45, 7) is 6.92. The van der Waals surface area contributed by atoms with Gasteiger partial charge in [0.05, 0.1) is 21.0 Å². The van der Waals surface area contributed by atoms with Crippen molar-refractivity contribution in [2.75, 3.05) is 42.9 Å². The number of nitrogens with zero attached hydrogens (tertiary/aromatic N) is 4. The van der Waals surface area contributed by atoms with E-state index in [1.54, 1.807) is 31.3 Å². The number of nitrogens with one attached hydrogen (secondary N) is 3. The number of ether oxygens (including phenoxy) is 2. The standard InChI is InChI=1S/C50H59F2N7O8S/c1-31(2)36-7-4-5-8-37(36)38-9-6-10-41(38)58-29-50(30-58)20-23-57(24-21-50)34-11-13-39(43(26-34)66-44-25-33-17-22-53-45(33)55-47(44)67-48(51)52)46(60)56-68(64,65)35-12-14-40(42(27-35)59(62)63)54-28-32-15-18-49(3,61)19-16-32/h4-5,7-8,11-14,17,22,25-27,31-32,38,41,48,54,61H,6,9-10,15-16,18-21,23-24,28-30H2,1-3H3,(H,53,55)(H,56,60)/t32?,38-,41-,49?/m0/s1. The number of pyridine rings is 1. The molecule has 4 aliphatic rings. The fraction of sp³-hybridized carbons (Fsp3) is 0.480. The zero-order chi connectivity index (χ0) is 48.0. The third-order valence-electron chi connectivity index (χ3n) is 14.8. The van der Waals surface area contributed by atoms with Gasteiger partial charge < -0.3 is 29.8 Å². The summed E-state index contributed by atoms with van der Waals surface area (Å²) >= 11 is 0. The maximum atomic E-state index is 14.1. The van der Waals surface area contributed by atoms with Crippen molar-refractivity contribution in [1.82, 2.24) is 19.6 Å². The fourth-order valence-corrected chi connectivity index (χ4v) is 12.0. The van der Waals surface area contributed by atoms with Crippen LogP contribution < -0.4 is 24.4 Å². The molecular weight excluding hydrogens is 897 g/mol. The van der Waals surface area contributed by atoms with Crippen LogP contribution in [0.5, 0.6) is 17.4 Å². The molecule has 2 saturated carbocycles. The van der Waals surface area contributed by atoms with Gasteiger partial charge in [0.25, 0.3) is 27.5 Å². The van der Waals surface area contributed by atoms with Gasteiger partial charge in [-0.25, -0.2) is 13.1 Å². The van der Waals surface area contributed by atoms with Gasteiger partial charge in [0.15, 0.2) is 5.75 Å². The Morgan fingerprint density at radius 2 is 1.74 bits per heavy atom. The number of aliphatic hydroxyl groups is 1. The number of carbonyl (C=O) groups is 1. The lowest BCUT2D eigenvalue weighted by Gasteiger charge is -2.57. The molecule has 362 valence electrons. The van der Waals surface area contributed by atoms with E-state index in [0.717, 1.165) is 44.8 Å². The normalized spacial score (nSPS) is 22.9. The molecule has 3 aromatic carbocycles. The summed E-state index contributed by atoms with van der Waals surface area (Å²) in [6.07, 6.45) is 9.70. The van der Waals surface area contributed by atoms with Gasteiger partial charge in [-0.05, 0) is 129 Å². The predicted octanol–water partition coefficient (Wildman–Crippen LogP) is 9.70. The number of nitro groups is 1. The first kappa shape index (κ1) is 47.2. The molecule has 2 aliphatic heterocycles. The van der Waals surface area contributed by atoms with Crippen molar-refractivity contribution < 1.29 is 41.5 Å². The molecule has 4 fully saturated rings. The maximum absolute atomic E-state index is 14.1. The van der Waals surface area contributed by atoms with Crippen molar-refractivity contribution in [1.29, 1.82) is 0 Å². The second-order valence-electron chi connectivity index (χ2n) is 19.8. The van der Waals surface area contributed by atoms with E-state index in [-0.39, 0.29) is 39.7 Å². The molecule has 4 heterocycles. The predicted molar refractivity (Wildman–Crippen MR) is 254 cm³/mol. The van der Waals surface area contributed by atoms with Crippen LogP contribution >= 0.6 is 0 Å². The molecular formula is C50H59F2N7O8S. The molecule has 0 radical (unpaired) electrons. The van der Waals surface area contributed by atoms with Crippen molar-refractivity contribution >= 4 is 44.0 Å². The van der Waals surface area contributed by atoms with E-state index < -0.39 is 49.5 Å². The number of halogens is 2. The first-order valence-electron chi connectivity index (χ1n) is 23.6. The minimum absolute atomic E-state index is 0.114.